The maximum Gasteiger partial charge on any atom is 0.243 e. The Morgan fingerprint density at radius 2 is 1.81 bits per heavy atom. The fourth-order valence-corrected chi connectivity index (χ4v) is 4.82. The lowest BCUT2D eigenvalue weighted by Gasteiger charge is -2.30. The minimum absolute atomic E-state index is 0.0641. The zero-order chi connectivity index (χ0) is 22.4. The summed E-state index contributed by atoms with van der Waals surface area (Å²) in [5.41, 5.74) is 2.95. The van der Waals surface area contributed by atoms with Crippen molar-refractivity contribution in [1.82, 2.24) is 9.73 Å². The Morgan fingerprint density at radius 3 is 2.45 bits per heavy atom. The van der Waals surface area contributed by atoms with Crippen molar-refractivity contribution in [3.63, 3.8) is 0 Å². The SMILES string of the molecule is COc1ccc(S(=O)(=O)N2CCC(C(=O)N/N=C\c3ccccc3O)CC2)cc1OC. The third-order valence-corrected chi connectivity index (χ3v) is 7.03. The molecule has 0 bridgehead atoms. The van der Waals surface area contributed by atoms with E-state index in [-0.39, 0.29) is 35.6 Å². The van der Waals surface area contributed by atoms with Gasteiger partial charge in [0.25, 0.3) is 0 Å². The van der Waals surface area contributed by atoms with Gasteiger partial charge in [-0.2, -0.15) is 9.41 Å². The molecule has 10 heteroatoms. The molecule has 1 fully saturated rings. The summed E-state index contributed by atoms with van der Waals surface area (Å²) in [7, 11) is -0.793. The average Bonchev–Trinajstić information content (AvgIpc) is 2.79. The molecule has 0 aliphatic carbocycles. The molecule has 0 atom stereocenters. The maximum atomic E-state index is 13.0. The fourth-order valence-electron chi connectivity index (χ4n) is 3.34. The largest absolute Gasteiger partial charge is 0.507 e. The monoisotopic (exact) mass is 447 g/mol. The lowest BCUT2D eigenvalue weighted by Crippen LogP contribution is -2.42. The molecule has 1 saturated heterocycles. The normalized spacial score (nSPS) is 15.7. The summed E-state index contributed by atoms with van der Waals surface area (Å²) in [4.78, 5) is 12.5. The predicted molar refractivity (Wildman–Crippen MR) is 115 cm³/mol. The average molecular weight is 448 g/mol. The number of phenolic OH excluding ortho intramolecular Hbond substituents is 1. The number of ether oxygens (including phenoxy) is 2. The highest BCUT2D eigenvalue weighted by Gasteiger charge is 2.32. The number of carbonyl (C=O) groups is 1. The van der Waals surface area contributed by atoms with Crippen molar-refractivity contribution < 1.29 is 27.8 Å². The van der Waals surface area contributed by atoms with E-state index in [0.29, 0.717) is 29.9 Å². The summed E-state index contributed by atoms with van der Waals surface area (Å²) >= 11 is 0. The van der Waals surface area contributed by atoms with Crippen LogP contribution in [0.5, 0.6) is 17.2 Å². The summed E-state index contributed by atoms with van der Waals surface area (Å²) in [5, 5.41) is 13.6. The molecule has 1 aliphatic rings. The van der Waals surface area contributed by atoms with Crippen molar-refractivity contribution in [3.05, 3.63) is 48.0 Å². The number of aromatic hydroxyl groups is 1. The number of amides is 1. The lowest BCUT2D eigenvalue weighted by atomic mass is 9.98. The van der Waals surface area contributed by atoms with Gasteiger partial charge in [0.1, 0.15) is 5.75 Å². The van der Waals surface area contributed by atoms with Gasteiger partial charge in [0.2, 0.25) is 15.9 Å². The van der Waals surface area contributed by atoms with Crippen molar-refractivity contribution >= 4 is 22.1 Å². The van der Waals surface area contributed by atoms with Crippen molar-refractivity contribution in [1.29, 1.82) is 0 Å². The summed E-state index contributed by atoms with van der Waals surface area (Å²) in [6.07, 6.45) is 2.12. The first-order chi connectivity index (χ1) is 14.9. The maximum absolute atomic E-state index is 13.0. The number of piperidine rings is 1. The van der Waals surface area contributed by atoms with Crippen LogP contribution in [-0.2, 0) is 14.8 Å². The van der Waals surface area contributed by atoms with E-state index in [0.717, 1.165) is 0 Å². The minimum atomic E-state index is -3.72. The number of nitrogens with one attached hydrogen (secondary N) is 1. The number of carbonyl (C=O) groups excluding carboxylic acids is 1. The number of rotatable bonds is 7. The molecule has 0 aromatic heterocycles. The van der Waals surface area contributed by atoms with Gasteiger partial charge in [-0.05, 0) is 37.1 Å². The van der Waals surface area contributed by atoms with E-state index in [1.54, 1.807) is 24.3 Å². The Bertz CT molecular complexity index is 1060. The summed E-state index contributed by atoms with van der Waals surface area (Å²) in [6.45, 7) is 0.440. The number of nitrogens with zero attached hydrogens (tertiary/aromatic N) is 2. The molecular formula is C21H25N3O6S. The number of hydrazone groups is 1. The zero-order valence-electron chi connectivity index (χ0n) is 17.3. The third kappa shape index (κ3) is 5.15. The Morgan fingerprint density at radius 1 is 1.13 bits per heavy atom. The minimum Gasteiger partial charge on any atom is -0.507 e. The molecule has 2 aromatic rings. The van der Waals surface area contributed by atoms with Gasteiger partial charge in [0, 0.05) is 30.6 Å². The zero-order valence-corrected chi connectivity index (χ0v) is 18.1. The summed E-state index contributed by atoms with van der Waals surface area (Å²) in [5.74, 6) is 0.212. The summed E-state index contributed by atoms with van der Waals surface area (Å²) < 4.78 is 37.7. The molecule has 3 rings (SSSR count). The first-order valence-electron chi connectivity index (χ1n) is 9.70. The van der Waals surface area contributed by atoms with Crippen LogP contribution in [-0.4, -0.2) is 57.3 Å². The van der Waals surface area contributed by atoms with Gasteiger partial charge >= 0.3 is 0 Å². The highest BCUT2D eigenvalue weighted by Crippen LogP contribution is 2.32. The number of hydrogen-bond donors (Lipinski definition) is 2. The fraction of sp³-hybridized carbons (Fsp3) is 0.333. The van der Waals surface area contributed by atoms with Gasteiger partial charge in [-0.3, -0.25) is 4.79 Å². The van der Waals surface area contributed by atoms with Crippen LogP contribution in [0.2, 0.25) is 0 Å². The molecule has 0 spiro atoms. The highest BCUT2D eigenvalue weighted by atomic mass is 32.2. The van der Waals surface area contributed by atoms with E-state index in [1.807, 2.05) is 0 Å². The van der Waals surface area contributed by atoms with Crippen LogP contribution in [0, 0.1) is 5.92 Å². The van der Waals surface area contributed by atoms with Gasteiger partial charge in [-0.25, -0.2) is 13.8 Å². The molecule has 166 valence electrons. The molecule has 0 unspecified atom stereocenters. The molecule has 2 N–H and O–H groups in total. The van der Waals surface area contributed by atoms with Gasteiger partial charge in [0.15, 0.2) is 11.5 Å². The molecule has 9 nitrogen and oxygen atoms in total. The standard InChI is InChI=1S/C21H25N3O6S/c1-29-19-8-7-17(13-20(19)30-2)31(27,28)24-11-9-15(10-12-24)21(26)23-22-14-16-5-3-4-6-18(16)25/h3-8,13-15,25H,9-12H2,1-2H3,(H,23,26)/b22-14-. The Labute approximate surface area is 181 Å². The molecular weight excluding hydrogens is 422 g/mol. The number of para-hydroxylation sites is 1. The number of phenols is 1. The molecule has 2 aromatic carbocycles. The van der Waals surface area contributed by atoms with Crippen LogP contribution < -0.4 is 14.9 Å². The molecule has 1 amide bonds. The van der Waals surface area contributed by atoms with Crippen LogP contribution in [0.15, 0.2) is 52.5 Å². The second kappa shape index (κ2) is 9.80. The van der Waals surface area contributed by atoms with Crippen LogP contribution in [0.4, 0.5) is 0 Å². The van der Waals surface area contributed by atoms with Crippen LogP contribution in [0.1, 0.15) is 18.4 Å². The van der Waals surface area contributed by atoms with Gasteiger partial charge in [-0.1, -0.05) is 12.1 Å². The Kier molecular flexibility index (Phi) is 7.13. The number of sulfonamides is 1. The first kappa shape index (κ1) is 22.6. The van der Waals surface area contributed by atoms with E-state index < -0.39 is 10.0 Å². The topological polar surface area (TPSA) is 118 Å². The van der Waals surface area contributed by atoms with E-state index in [2.05, 4.69) is 10.5 Å². The number of benzene rings is 2. The van der Waals surface area contributed by atoms with Crippen LogP contribution in [0.25, 0.3) is 0 Å². The molecule has 1 heterocycles. The van der Waals surface area contributed by atoms with Crippen molar-refractivity contribution in [3.8, 4) is 17.2 Å². The molecule has 0 saturated carbocycles. The van der Waals surface area contributed by atoms with Crippen molar-refractivity contribution in [2.75, 3.05) is 27.3 Å². The van der Waals surface area contributed by atoms with Crippen molar-refractivity contribution in [2.24, 2.45) is 11.0 Å². The third-order valence-electron chi connectivity index (χ3n) is 5.13. The van der Waals surface area contributed by atoms with E-state index in [1.165, 1.54) is 42.9 Å². The van der Waals surface area contributed by atoms with Gasteiger partial charge < -0.3 is 14.6 Å². The molecule has 1 aliphatic heterocycles. The number of methoxy groups -OCH3 is 2. The molecule has 0 radical (unpaired) electrons. The van der Waals surface area contributed by atoms with E-state index in [4.69, 9.17) is 9.47 Å². The van der Waals surface area contributed by atoms with E-state index in [9.17, 15) is 18.3 Å². The Hall–Kier alpha value is -3.11. The second-order valence-electron chi connectivity index (χ2n) is 6.99. The van der Waals surface area contributed by atoms with E-state index >= 15 is 0 Å². The lowest BCUT2D eigenvalue weighted by molar-refractivity contribution is -0.126. The molecule has 31 heavy (non-hydrogen) atoms. The van der Waals surface area contributed by atoms with Crippen LogP contribution >= 0.6 is 0 Å². The first-order valence-corrected chi connectivity index (χ1v) is 11.1. The second-order valence-corrected chi connectivity index (χ2v) is 8.93. The summed E-state index contributed by atoms with van der Waals surface area (Å²) in [6, 6.07) is 11.1. The van der Waals surface area contributed by atoms with Crippen molar-refractivity contribution in [2.45, 2.75) is 17.7 Å². The quantitative estimate of drug-likeness (QED) is 0.495. The smallest absolute Gasteiger partial charge is 0.243 e. The van der Waals surface area contributed by atoms with Gasteiger partial charge in [0.05, 0.1) is 25.3 Å². The number of hydrogen-bond acceptors (Lipinski definition) is 7. The Balaban J connectivity index is 1.59. The predicted octanol–water partition coefficient (Wildman–Crippen LogP) is 1.96. The van der Waals surface area contributed by atoms with Crippen LogP contribution in [0.3, 0.4) is 0 Å². The van der Waals surface area contributed by atoms with Gasteiger partial charge in [-0.15, -0.1) is 0 Å². The highest BCUT2D eigenvalue weighted by molar-refractivity contribution is 7.89.